The third-order valence-electron chi connectivity index (χ3n) is 4.25. The van der Waals surface area contributed by atoms with Gasteiger partial charge >= 0.3 is 0 Å². The maximum Gasteiger partial charge on any atom is 0.246 e. The Morgan fingerprint density at radius 1 is 1.36 bits per heavy atom. The zero-order valence-corrected chi connectivity index (χ0v) is 18.0. The molecule has 9 nitrogen and oxygen atoms in total. The largest absolute Gasteiger partial charge is 0.299 e. The molecule has 0 unspecified atom stereocenters. The summed E-state index contributed by atoms with van der Waals surface area (Å²) in [7, 11) is -3.89. The molecular weight excluding hydrogens is 440 g/mol. The number of benzene rings is 1. The highest BCUT2D eigenvalue weighted by Gasteiger charge is 2.40. The molecule has 1 aromatic carbocycles. The van der Waals surface area contributed by atoms with E-state index in [0.29, 0.717) is 29.0 Å². The van der Waals surface area contributed by atoms with Crippen molar-refractivity contribution in [2.75, 3.05) is 17.6 Å². The van der Waals surface area contributed by atoms with Crippen LogP contribution in [0.3, 0.4) is 0 Å². The molecular formula is C15H16N6O3S4. The molecule has 4 rings (SSSR count). The maximum absolute atomic E-state index is 13.3. The maximum atomic E-state index is 13.3. The molecule has 0 radical (unpaired) electrons. The van der Waals surface area contributed by atoms with Crippen LogP contribution in [0.2, 0.25) is 0 Å². The number of thioether (sulfide) groups is 1. The van der Waals surface area contributed by atoms with Gasteiger partial charge in [0.05, 0.1) is 11.7 Å². The van der Waals surface area contributed by atoms with E-state index >= 15 is 0 Å². The van der Waals surface area contributed by atoms with Gasteiger partial charge in [-0.05, 0) is 30.7 Å². The first-order valence-corrected chi connectivity index (χ1v) is 12.5. The van der Waals surface area contributed by atoms with Crippen LogP contribution in [0.1, 0.15) is 19.8 Å². The first-order valence-electron chi connectivity index (χ1n) is 8.51. The molecule has 0 saturated carbocycles. The average molecular weight is 457 g/mol. The Kier molecular flexibility index (Phi) is 5.60. The molecule has 1 amide bonds. The van der Waals surface area contributed by atoms with E-state index < -0.39 is 22.0 Å². The van der Waals surface area contributed by atoms with E-state index in [1.165, 1.54) is 33.5 Å². The van der Waals surface area contributed by atoms with E-state index in [0.717, 1.165) is 21.8 Å². The predicted molar refractivity (Wildman–Crippen MR) is 109 cm³/mol. The van der Waals surface area contributed by atoms with Crippen molar-refractivity contribution >= 4 is 66.9 Å². The summed E-state index contributed by atoms with van der Waals surface area (Å²) in [6.45, 7) is 2.28. The van der Waals surface area contributed by atoms with Crippen LogP contribution < -0.4 is 5.32 Å². The number of rotatable bonds is 6. The minimum atomic E-state index is -3.89. The predicted octanol–water partition coefficient (Wildman–Crippen LogP) is 2.45. The van der Waals surface area contributed by atoms with Crippen LogP contribution in [0.4, 0.5) is 5.13 Å². The second kappa shape index (κ2) is 7.99. The van der Waals surface area contributed by atoms with Crippen molar-refractivity contribution in [3.8, 4) is 0 Å². The fraction of sp³-hybridized carbons (Fsp3) is 0.400. The number of carbonyl (C=O) groups is 1. The average Bonchev–Trinajstić information content (AvgIpc) is 3.41. The molecule has 0 spiro atoms. The van der Waals surface area contributed by atoms with Gasteiger partial charge < -0.3 is 0 Å². The van der Waals surface area contributed by atoms with Gasteiger partial charge in [0.1, 0.15) is 22.0 Å². The molecule has 3 aromatic rings. The van der Waals surface area contributed by atoms with E-state index in [4.69, 9.17) is 0 Å². The van der Waals surface area contributed by atoms with Crippen molar-refractivity contribution in [3.05, 3.63) is 18.2 Å². The summed E-state index contributed by atoms with van der Waals surface area (Å²) in [5, 5.41) is 11.0. The summed E-state index contributed by atoms with van der Waals surface area (Å²) in [4.78, 5) is 12.9. The van der Waals surface area contributed by atoms with Gasteiger partial charge in [0, 0.05) is 6.54 Å². The minimum absolute atomic E-state index is 0.0796. The molecule has 1 aliphatic heterocycles. The second-order valence-corrected chi connectivity index (χ2v) is 10.8. The highest BCUT2D eigenvalue weighted by Crippen LogP contribution is 2.31. The van der Waals surface area contributed by atoms with Crippen LogP contribution in [0.5, 0.6) is 0 Å². The quantitative estimate of drug-likeness (QED) is 0.444. The Morgan fingerprint density at radius 3 is 3.04 bits per heavy atom. The molecule has 0 aliphatic carbocycles. The number of nitrogens with one attached hydrogen (secondary N) is 1. The highest BCUT2D eigenvalue weighted by atomic mass is 32.2. The molecule has 1 fully saturated rings. The van der Waals surface area contributed by atoms with Gasteiger partial charge in [0.15, 0.2) is 4.34 Å². The lowest BCUT2D eigenvalue weighted by Gasteiger charge is -2.23. The van der Waals surface area contributed by atoms with Crippen molar-refractivity contribution in [2.45, 2.75) is 35.0 Å². The molecule has 1 N–H and O–H groups in total. The molecule has 148 valence electrons. The smallest absolute Gasteiger partial charge is 0.246 e. The molecule has 1 saturated heterocycles. The molecule has 3 heterocycles. The van der Waals surface area contributed by atoms with E-state index in [1.807, 2.05) is 6.92 Å². The summed E-state index contributed by atoms with van der Waals surface area (Å²) < 4.78 is 36.7. The fourth-order valence-electron chi connectivity index (χ4n) is 3.04. The first-order chi connectivity index (χ1) is 13.5. The number of fused-ring (bicyclic) bond motifs is 1. The van der Waals surface area contributed by atoms with E-state index in [9.17, 15) is 13.2 Å². The number of nitrogens with zero attached hydrogens (tertiary/aromatic N) is 5. The van der Waals surface area contributed by atoms with E-state index in [-0.39, 0.29) is 11.4 Å². The van der Waals surface area contributed by atoms with Crippen molar-refractivity contribution < 1.29 is 13.2 Å². The summed E-state index contributed by atoms with van der Waals surface area (Å²) in [6.07, 6.45) is 1.06. The van der Waals surface area contributed by atoms with Gasteiger partial charge in [0.25, 0.3) is 0 Å². The second-order valence-electron chi connectivity index (χ2n) is 5.96. The fourth-order valence-corrected chi connectivity index (χ4v) is 7.10. The molecule has 1 atom stereocenters. The van der Waals surface area contributed by atoms with Gasteiger partial charge in [-0.3, -0.25) is 10.1 Å². The van der Waals surface area contributed by atoms with Gasteiger partial charge in [-0.2, -0.15) is 13.1 Å². The van der Waals surface area contributed by atoms with Crippen LogP contribution in [0.25, 0.3) is 11.0 Å². The third-order valence-corrected chi connectivity index (χ3v) is 8.58. The Morgan fingerprint density at radius 2 is 2.21 bits per heavy atom. The lowest BCUT2D eigenvalue weighted by atomic mass is 10.2. The zero-order chi connectivity index (χ0) is 19.7. The first kappa shape index (κ1) is 19.6. The highest BCUT2D eigenvalue weighted by molar-refractivity contribution is 8.01. The molecule has 2 aromatic heterocycles. The van der Waals surface area contributed by atoms with Crippen LogP contribution in [-0.2, 0) is 14.8 Å². The summed E-state index contributed by atoms with van der Waals surface area (Å²) in [5.74, 6) is 0.461. The van der Waals surface area contributed by atoms with Crippen LogP contribution in [0, 0.1) is 0 Å². The van der Waals surface area contributed by atoms with Crippen molar-refractivity contribution in [1.82, 2.24) is 23.2 Å². The normalized spacial score (nSPS) is 18.0. The minimum Gasteiger partial charge on any atom is -0.299 e. The number of aromatic nitrogens is 4. The summed E-state index contributed by atoms with van der Waals surface area (Å²) in [6, 6.07) is 4.06. The lowest BCUT2D eigenvalue weighted by molar-refractivity contribution is -0.119. The number of hydrogen-bond donors (Lipinski definition) is 1. The van der Waals surface area contributed by atoms with Crippen molar-refractivity contribution in [3.63, 3.8) is 0 Å². The topological polar surface area (TPSA) is 118 Å². The zero-order valence-electron chi connectivity index (χ0n) is 14.7. The number of anilines is 1. The van der Waals surface area contributed by atoms with Crippen molar-refractivity contribution in [2.24, 2.45) is 0 Å². The third kappa shape index (κ3) is 3.64. The molecule has 1 aliphatic rings. The van der Waals surface area contributed by atoms with Gasteiger partial charge in [-0.15, -0.1) is 10.2 Å². The SMILES string of the molecule is CCSc1nnc(NC(=O)[C@H]2CCCN2S(=O)(=O)c2cccc3nsnc23)s1. The van der Waals surface area contributed by atoms with Gasteiger partial charge in [-0.1, -0.05) is 36.1 Å². The molecule has 28 heavy (non-hydrogen) atoms. The summed E-state index contributed by atoms with van der Waals surface area (Å²) in [5.41, 5.74) is 0.866. The standard InChI is InChI=1S/C15H16N6O3S4/c1-2-25-15-18-17-14(26-15)16-13(22)10-6-4-8-21(10)28(23,24)11-7-3-5-9-12(11)20-27-19-9/h3,5,7,10H,2,4,6,8H2,1H3,(H,16,17,22)/t10-/m1/s1. The monoisotopic (exact) mass is 456 g/mol. The van der Waals surface area contributed by atoms with Crippen molar-refractivity contribution in [1.29, 1.82) is 0 Å². The van der Waals surface area contributed by atoms with Crippen LogP contribution in [0.15, 0.2) is 27.4 Å². The number of carbonyl (C=O) groups excluding carboxylic acids is 1. The van der Waals surface area contributed by atoms with Gasteiger partial charge in [-0.25, -0.2) is 8.42 Å². The van der Waals surface area contributed by atoms with Crippen LogP contribution >= 0.6 is 34.8 Å². The van der Waals surface area contributed by atoms with Crippen LogP contribution in [-0.4, -0.2) is 55.9 Å². The molecule has 0 bridgehead atoms. The number of hydrogen-bond acceptors (Lipinski definition) is 10. The number of amides is 1. The Hall–Kier alpha value is -1.67. The van der Waals surface area contributed by atoms with Gasteiger partial charge in [0.2, 0.25) is 21.1 Å². The lowest BCUT2D eigenvalue weighted by Crippen LogP contribution is -2.43. The van der Waals surface area contributed by atoms with E-state index in [2.05, 4.69) is 24.3 Å². The Bertz CT molecular complexity index is 1110. The molecule has 13 heteroatoms. The Labute approximate surface area is 173 Å². The van der Waals surface area contributed by atoms with E-state index in [1.54, 1.807) is 12.1 Å². The number of sulfonamides is 1. The summed E-state index contributed by atoms with van der Waals surface area (Å²) >= 11 is 3.77. The Balaban J connectivity index is 1.58.